The monoisotopic (exact) mass is 228 g/mol. The van der Waals surface area contributed by atoms with Gasteiger partial charge in [0.05, 0.1) is 0 Å². The highest BCUT2D eigenvalue weighted by molar-refractivity contribution is 5.68. The average Bonchev–Trinajstić information content (AvgIpc) is 2.24. The Balaban J connectivity index is 3.05. The molecule has 0 unspecified atom stereocenters. The maximum Gasteiger partial charge on any atom is -0.0132 e. The highest BCUT2D eigenvalue weighted by Gasteiger charge is 2.13. The van der Waals surface area contributed by atoms with Crippen LogP contribution in [0.4, 0.5) is 0 Å². The average molecular weight is 228 g/mol. The maximum absolute atomic E-state index is 3.95. The Kier molecular flexibility index (Phi) is 4.34. The first-order valence-electron chi connectivity index (χ1n) is 6.31. The smallest absolute Gasteiger partial charge is 0.0132 e. The molecule has 0 radical (unpaired) electrons. The van der Waals surface area contributed by atoms with Crippen LogP contribution < -0.4 is 0 Å². The molecule has 0 bridgehead atoms. The van der Waals surface area contributed by atoms with Gasteiger partial charge in [0.25, 0.3) is 0 Å². The van der Waals surface area contributed by atoms with Crippen LogP contribution in [-0.4, -0.2) is 0 Å². The van der Waals surface area contributed by atoms with Gasteiger partial charge in [-0.3, -0.25) is 0 Å². The first-order chi connectivity index (χ1) is 7.84. The number of benzene rings is 1. The molecule has 1 aromatic carbocycles. The minimum Gasteiger partial charge on any atom is -0.0961 e. The summed E-state index contributed by atoms with van der Waals surface area (Å²) in [7, 11) is 0. The van der Waals surface area contributed by atoms with Crippen molar-refractivity contribution in [2.45, 2.75) is 46.5 Å². The molecule has 0 aliphatic carbocycles. The van der Waals surface area contributed by atoms with Gasteiger partial charge in [-0.15, -0.1) is 0 Å². The molecule has 0 fully saturated rings. The highest BCUT2D eigenvalue weighted by atomic mass is 14.2. The van der Waals surface area contributed by atoms with E-state index in [-0.39, 0.29) is 5.41 Å². The summed E-state index contributed by atoms with van der Waals surface area (Å²) < 4.78 is 0. The predicted octanol–water partition coefficient (Wildman–Crippen LogP) is 5.35. The topological polar surface area (TPSA) is 0 Å². The standard InChI is InChI=1S/C17H24/c1-7-14(12-13(2)3)15-8-10-16(11-9-15)17(4,5)6/h8-12H,2,7H2,1,3-6H3/b14-12+. The van der Waals surface area contributed by atoms with E-state index in [2.05, 4.69) is 64.6 Å². The lowest BCUT2D eigenvalue weighted by Gasteiger charge is -2.19. The largest absolute Gasteiger partial charge is 0.0961 e. The van der Waals surface area contributed by atoms with Gasteiger partial charge in [-0.2, -0.15) is 0 Å². The van der Waals surface area contributed by atoms with Gasteiger partial charge in [0.2, 0.25) is 0 Å². The highest BCUT2D eigenvalue weighted by Crippen LogP contribution is 2.25. The third kappa shape index (κ3) is 3.89. The second kappa shape index (κ2) is 5.35. The summed E-state index contributed by atoms with van der Waals surface area (Å²) in [6, 6.07) is 8.91. The van der Waals surface area contributed by atoms with E-state index in [4.69, 9.17) is 0 Å². The van der Waals surface area contributed by atoms with Crippen LogP contribution >= 0.6 is 0 Å². The molecule has 92 valence electrons. The van der Waals surface area contributed by atoms with Crippen molar-refractivity contribution in [2.75, 3.05) is 0 Å². The Bertz CT molecular complexity index is 410. The van der Waals surface area contributed by atoms with Crippen LogP contribution in [0.25, 0.3) is 5.57 Å². The lowest BCUT2D eigenvalue weighted by molar-refractivity contribution is 0.590. The molecule has 0 spiro atoms. The molecule has 1 rings (SSSR count). The van der Waals surface area contributed by atoms with E-state index in [1.54, 1.807) is 0 Å². The molecule has 0 nitrogen and oxygen atoms in total. The lowest BCUT2D eigenvalue weighted by Crippen LogP contribution is -2.10. The van der Waals surface area contributed by atoms with Crippen LogP contribution in [0.1, 0.15) is 52.2 Å². The molecular formula is C17H24. The van der Waals surface area contributed by atoms with E-state index in [9.17, 15) is 0 Å². The van der Waals surface area contributed by atoms with Gasteiger partial charge in [-0.25, -0.2) is 0 Å². The van der Waals surface area contributed by atoms with Gasteiger partial charge < -0.3 is 0 Å². The molecule has 0 aliphatic rings. The zero-order valence-electron chi connectivity index (χ0n) is 11.8. The Hall–Kier alpha value is -1.30. The van der Waals surface area contributed by atoms with Crippen molar-refractivity contribution in [1.29, 1.82) is 0 Å². The summed E-state index contributed by atoms with van der Waals surface area (Å²) >= 11 is 0. The van der Waals surface area contributed by atoms with Crippen LogP contribution in [0.3, 0.4) is 0 Å². The fourth-order valence-electron chi connectivity index (χ4n) is 1.87. The summed E-state index contributed by atoms with van der Waals surface area (Å²) in [5, 5.41) is 0. The Morgan fingerprint density at radius 2 is 1.71 bits per heavy atom. The number of hydrogen-bond donors (Lipinski definition) is 0. The first-order valence-corrected chi connectivity index (χ1v) is 6.31. The summed E-state index contributed by atoms with van der Waals surface area (Å²) in [6.45, 7) is 14.9. The van der Waals surface area contributed by atoms with Crippen LogP contribution in [0, 0.1) is 0 Å². The fourth-order valence-corrected chi connectivity index (χ4v) is 1.87. The van der Waals surface area contributed by atoms with Gasteiger partial charge in [0.1, 0.15) is 0 Å². The molecule has 0 amide bonds. The summed E-state index contributed by atoms with van der Waals surface area (Å²) in [5.41, 5.74) is 5.39. The van der Waals surface area contributed by atoms with Crippen LogP contribution in [-0.2, 0) is 5.41 Å². The van der Waals surface area contributed by atoms with E-state index in [1.165, 1.54) is 16.7 Å². The molecule has 0 aromatic heterocycles. The Morgan fingerprint density at radius 3 is 2.06 bits per heavy atom. The van der Waals surface area contributed by atoms with Gasteiger partial charge in [0.15, 0.2) is 0 Å². The summed E-state index contributed by atoms with van der Waals surface area (Å²) in [5.74, 6) is 0. The van der Waals surface area contributed by atoms with Crippen molar-refractivity contribution < 1.29 is 0 Å². The number of rotatable bonds is 3. The normalized spacial score (nSPS) is 12.6. The predicted molar refractivity (Wildman–Crippen MR) is 78.2 cm³/mol. The minimum atomic E-state index is 0.225. The van der Waals surface area contributed by atoms with E-state index in [0.29, 0.717) is 0 Å². The van der Waals surface area contributed by atoms with E-state index in [0.717, 1.165) is 12.0 Å². The quantitative estimate of drug-likeness (QED) is 0.611. The number of allylic oxidation sites excluding steroid dienone is 3. The minimum absolute atomic E-state index is 0.225. The molecule has 17 heavy (non-hydrogen) atoms. The molecule has 0 saturated carbocycles. The van der Waals surface area contributed by atoms with Crippen molar-refractivity contribution >= 4 is 5.57 Å². The molecule has 1 aromatic rings. The van der Waals surface area contributed by atoms with E-state index in [1.807, 2.05) is 6.92 Å². The second-order valence-corrected chi connectivity index (χ2v) is 5.70. The van der Waals surface area contributed by atoms with Crippen LogP contribution in [0.15, 0.2) is 42.5 Å². The van der Waals surface area contributed by atoms with Gasteiger partial charge in [0, 0.05) is 0 Å². The third-order valence-corrected chi connectivity index (χ3v) is 2.92. The number of hydrogen-bond acceptors (Lipinski definition) is 0. The molecule has 0 aliphatic heterocycles. The molecule has 0 heterocycles. The van der Waals surface area contributed by atoms with E-state index >= 15 is 0 Å². The third-order valence-electron chi connectivity index (χ3n) is 2.92. The fraction of sp³-hybridized carbons (Fsp3) is 0.412. The van der Waals surface area contributed by atoms with Crippen molar-refractivity contribution in [3.05, 3.63) is 53.6 Å². The first kappa shape index (κ1) is 13.8. The molecular weight excluding hydrogens is 204 g/mol. The van der Waals surface area contributed by atoms with Gasteiger partial charge >= 0.3 is 0 Å². The molecule has 0 atom stereocenters. The lowest BCUT2D eigenvalue weighted by atomic mass is 9.86. The summed E-state index contributed by atoms with van der Waals surface area (Å²) in [4.78, 5) is 0. The molecule has 0 saturated heterocycles. The van der Waals surface area contributed by atoms with E-state index < -0.39 is 0 Å². The Morgan fingerprint density at radius 1 is 1.18 bits per heavy atom. The van der Waals surface area contributed by atoms with Crippen molar-refractivity contribution in [1.82, 2.24) is 0 Å². The van der Waals surface area contributed by atoms with Crippen molar-refractivity contribution in [3.8, 4) is 0 Å². The molecule has 0 N–H and O–H groups in total. The maximum atomic E-state index is 3.95. The van der Waals surface area contributed by atoms with Gasteiger partial charge in [-0.05, 0) is 35.5 Å². The Labute approximate surface area is 106 Å². The second-order valence-electron chi connectivity index (χ2n) is 5.70. The zero-order valence-corrected chi connectivity index (χ0v) is 11.8. The molecule has 0 heteroatoms. The van der Waals surface area contributed by atoms with Crippen LogP contribution in [0.2, 0.25) is 0 Å². The van der Waals surface area contributed by atoms with Crippen LogP contribution in [0.5, 0.6) is 0 Å². The van der Waals surface area contributed by atoms with Gasteiger partial charge in [-0.1, -0.05) is 70.2 Å². The van der Waals surface area contributed by atoms with Crippen molar-refractivity contribution in [3.63, 3.8) is 0 Å². The van der Waals surface area contributed by atoms with Crippen molar-refractivity contribution in [2.24, 2.45) is 0 Å². The SMILES string of the molecule is C=C(C)/C=C(\CC)c1ccc(C(C)(C)C)cc1. The zero-order chi connectivity index (χ0) is 13.1. The summed E-state index contributed by atoms with van der Waals surface area (Å²) in [6.07, 6.45) is 3.22.